The van der Waals surface area contributed by atoms with Crippen molar-refractivity contribution in [2.75, 3.05) is 6.54 Å². The lowest BCUT2D eigenvalue weighted by Gasteiger charge is -2.05. The molecule has 0 aromatic heterocycles. The zero-order valence-electron chi connectivity index (χ0n) is 12.1. The van der Waals surface area contributed by atoms with E-state index < -0.39 is 17.6 Å². The number of carboxylic acids is 1. The number of carbonyl (C=O) groups excluding carboxylic acids is 1. The lowest BCUT2D eigenvalue weighted by Crippen LogP contribution is -2.26. The van der Waals surface area contributed by atoms with E-state index in [4.69, 9.17) is 5.11 Å². The maximum atomic E-state index is 13.6. The molecule has 1 saturated carbocycles. The minimum atomic E-state index is -0.818. The first-order valence-electron chi connectivity index (χ1n) is 7.43. The van der Waals surface area contributed by atoms with E-state index >= 15 is 0 Å². The average Bonchev–Trinajstić information content (AvgIpc) is 3.25. The zero-order valence-corrected chi connectivity index (χ0v) is 12.1. The van der Waals surface area contributed by atoms with Gasteiger partial charge in [-0.2, -0.15) is 0 Å². The van der Waals surface area contributed by atoms with Gasteiger partial charge in [0.15, 0.2) is 0 Å². The molecular formula is C16H19F2NO3. The van der Waals surface area contributed by atoms with Gasteiger partial charge in [-0.3, -0.25) is 9.59 Å². The van der Waals surface area contributed by atoms with Crippen LogP contribution in [-0.4, -0.2) is 23.5 Å². The molecular weight excluding hydrogens is 292 g/mol. The molecule has 1 aliphatic rings. The fraction of sp³-hybridized carbons (Fsp3) is 0.500. The SMILES string of the molecule is O=C(O)CCCCCNC(=O)C1CC1c1cc(F)ccc1F. The van der Waals surface area contributed by atoms with Crippen LogP contribution in [0.5, 0.6) is 0 Å². The van der Waals surface area contributed by atoms with Gasteiger partial charge in [-0.15, -0.1) is 0 Å². The monoisotopic (exact) mass is 311 g/mol. The molecule has 0 radical (unpaired) electrons. The molecule has 2 unspecified atom stereocenters. The number of rotatable bonds is 8. The predicted molar refractivity (Wildman–Crippen MR) is 76.3 cm³/mol. The van der Waals surface area contributed by atoms with Crippen molar-refractivity contribution in [3.63, 3.8) is 0 Å². The maximum Gasteiger partial charge on any atom is 0.303 e. The van der Waals surface area contributed by atoms with Crippen LogP contribution in [0.15, 0.2) is 18.2 Å². The van der Waals surface area contributed by atoms with E-state index in [0.717, 1.165) is 24.6 Å². The number of nitrogens with one attached hydrogen (secondary N) is 1. The Balaban J connectivity index is 1.70. The van der Waals surface area contributed by atoms with Gasteiger partial charge in [0.25, 0.3) is 0 Å². The largest absolute Gasteiger partial charge is 0.481 e. The van der Waals surface area contributed by atoms with Crippen LogP contribution in [0.4, 0.5) is 8.78 Å². The van der Waals surface area contributed by atoms with Crippen LogP contribution in [0.1, 0.15) is 43.6 Å². The molecule has 1 aliphatic carbocycles. The van der Waals surface area contributed by atoms with E-state index in [1.54, 1.807) is 0 Å². The number of carbonyl (C=O) groups is 2. The van der Waals surface area contributed by atoms with Gasteiger partial charge < -0.3 is 10.4 Å². The molecule has 6 heteroatoms. The number of amides is 1. The summed E-state index contributed by atoms with van der Waals surface area (Å²) in [5.41, 5.74) is 0.265. The molecule has 1 amide bonds. The average molecular weight is 311 g/mol. The zero-order chi connectivity index (χ0) is 16.1. The minimum Gasteiger partial charge on any atom is -0.481 e. The third-order valence-electron chi connectivity index (χ3n) is 3.85. The van der Waals surface area contributed by atoms with E-state index in [-0.39, 0.29) is 29.7 Å². The summed E-state index contributed by atoms with van der Waals surface area (Å²) >= 11 is 0. The van der Waals surface area contributed by atoms with Gasteiger partial charge in [0.05, 0.1) is 0 Å². The molecule has 22 heavy (non-hydrogen) atoms. The molecule has 0 aliphatic heterocycles. The molecule has 0 heterocycles. The molecule has 0 saturated heterocycles. The molecule has 4 nitrogen and oxygen atoms in total. The first kappa shape index (κ1) is 16.4. The van der Waals surface area contributed by atoms with E-state index in [9.17, 15) is 18.4 Å². The first-order valence-corrected chi connectivity index (χ1v) is 7.43. The number of hydrogen-bond donors (Lipinski definition) is 2. The molecule has 1 aromatic carbocycles. The van der Waals surface area contributed by atoms with E-state index in [2.05, 4.69) is 5.32 Å². The third kappa shape index (κ3) is 4.51. The Morgan fingerprint density at radius 1 is 1.23 bits per heavy atom. The second-order valence-corrected chi connectivity index (χ2v) is 5.61. The summed E-state index contributed by atoms with van der Waals surface area (Å²) in [5, 5.41) is 11.3. The summed E-state index contributed by atoms with van der Waals surface area (Å²) in [5.74, 6) is -2.48. The van der Waals surface area contributed by atoms with Crippen molar-refractivity contribution in [3.05, 3.63) is 35.4 Å². The van der Waals surface area contributed by atoms with Gasteiger partial charge in [0.1, 0.15) is 11.6 Å². The van der Waals surface area contributed by atoms with Gasteiger partial charge in [-0.25, -0.2) is 8.78 Å². The molecule has 1 aromatic rings. The summed E-state index contributed by atoms with van der Waals surface area (Å²) in [7, 11) is 0. The minimum absolute atomic E-state index is 0.136. The highest BCUT2D eigenvalue weighted by Gasteiger charge is 2.45. The van der Waals surface area contributed by atoms with E-state index in [1.807, 2.05) is 0 Å². The lowest BCUT2D eigenvalue weighted by molar-refractivity contribution is -0.137. The molecule has 0 spiro atoms. The quantitative estimate of drug-likeness (QED) is 0.726. The Morgan fingerprint density at radius 3 is 2.73 bits per heavy atom. The number of aliphatic carboxylic acids is 1. The Hall–Kier alpha value is -1.98. The number of hydrogen-bond acceptors (Lipinski definition) is 2. The van der Waals surface area contributed by atoms with Crippen LogP contribution in [0.3, 0.4) is 0 Å². The van der Waals surface area contributed by atoms with Crippen LogP contribution < -0.4 is 5.32 Å². The van der Waals surface area contributed by atoms with Crippen LogP contribution in [0, 0.1) is 17.6 Å². The highest BCUT2D eigenvalue weighted by atomic mass is 19.1. The Kier molecular flexibility index (Phi) is 5.46. The van der Waals surface area contributed by atoms with Crippen molar-refractivity contribution in [1.82, 2.24) is 5.32 Å². The van der Waals surface area contributed by atoms with Crippen LogP contribution in [-0.2, 0) is 9.59 Å². The van der Waals surface area contributed by atoms with Crippen molar-refractivity contribution in [2.45, 2.75) is 38.0 Å². The Morgan fingerprint density at radius 2 is 2.00 bits per heavy atom. The van der Waals surface area contributed by atoms with E-state index in [0.29, 0.717) is 25.8 Å². The molecule has 1 fully saturated rings. The van der Waals surface area contributed by atoms with Crippen molar-refractivity contribution in [3.8, 4) is 0 Å². The van der Waals surface area contributed by atoms with Gasteiger partial charge in [0, 0.05) is 18.9 Å². The Labute approximate surface area is 127 Å². The van der Waals surface area contributed by atoms with Crippen LogP contribution >= 0.6 is 0 Å². The highest BCUT2D eigenvalue weighted by Crippen LogP contribution is 2.48. The second kappa shape index (κ2) is 7.33. The topological polar surface area (TPSA) is 66.4 Å². The molecule has 2 atom stereocenters. The predicted octanol–water partition coefficient (Wildman–Crippen LogP) is 2.83. The van der Waals surface area contributed by atoms with Crippen LogP contribution in [0.2, 0.25) is 0 Å². The van der Waals surface area contributed by atoms with Gasteiger partial charge in [-0.1, -0.05) is 6.42 Å². The maximum absolute atomic E-state index is 13.6. The number of benzene rings is 1. The second-order valence-electron chi connectivity index (χ2n) is 5.61. The van der Waals surface area contributed by atoms with Gasteiger partial charge in [0.2, 0.25) is 5.91 Å². The van der Waals surface area contributed by atoms with E-state index in [1.165, 1.54) is 0 Å². The number of halogens is 2. The van der Waals surface area contributed by atoms with Crippen molar-refractivity contribution < 1.29 is 23.5 Å². The third-order valence-corrected chi connectivity index (χ3v) is 3.85. The normalized spacial score (nSPS) is 19.7. The molecule has 120 valence electrons. The Bertz CT molecular complexity index is 562. The van der Waals surface area contributed by atoms with Crippen LogP contribution in [0.25, 0.3) is 0 Å². The number of carboxylic acid groups (broad SMARTS) is 1. The number of unbranched alkanes of at least 4 members (excludes halogenated alkanes) is 2. The highest BCUT2D eigenvalue weighted by molar-refractivity contribution is 5.82. The van der Waals surface area contributed by atoms with Crippen molar-refractivity contribution in [2.24, 2.45) is 5.92 Å². The summed E-state index contributed by atoms with van der Waals surface area (Å²) < 4.78 is 26.7. The van der Waals surface area contributed by atoms with Gasteiger partial charge >= 0.3 is 5.97 Å². The fourth-order valence-corrected chi connectivity index (χ4v) is 2.55. The van der Waals surface area contributed by atoms with Crippen molar-refractivity contribution in [1.29, 1.82) is 0 Å². The lowest BCUT2D eigenvalue weighted by atomic mass is 10.1. The summed E-state index contributed by atoms with van der Waals surface area (Å²) in [4.78, 5) is 22.2. The summed E-state index contributed by atoms with van der Waals surface area (Å²) in [6.45, 7) is 0.479. The van der Waals surface area contributed by atoms with Gasteiger partial charge in [-0.05, 0) is 48.9 Å². The molecule has 0 bridgehead atoms. The standard InChI is InChI=1S/C16H19F2NO3/c17-10-5-6-14(18)12(8-10)11-9-13(11)16(22)19-7-3-1-2-4-15(20)21/h5-6,8,11,13H,1-4,7,9H2,(H,19,22)(H,20,21). The summed E-state index contributed by atoms with van der Waals surface area (Å²) in [6.07, 6.45) is 2.71. The fourth-order valence-electron chi connectivity index (χ4n) is 2.55. The smallest absolute Gasteiger partial charge is 0.303 e. The summed E-state index contributed by atoms with van der Waals surface area (Å²) in [6, 6.07) is 3.30. The first-order chi connectivity index (χ1) is 10.5. The molecule has 2 N–H and O–H groups in total. The molecule has 2 rings (SSSR count). The van der Waals surface area contributed by atoms with Crippen molar-refractivity contribution >= 4 is 11.9 Å².